The van der Waals surface area contributed by atoms with E-state index in [2.05, 4.69) is 20.8 Å². The summed E-state index contributed by atoms with van der Waals surface area (Å²) in [6, 6.07) is 0. The Labute approximate surface area is 234 Å². The zero-order valence-corrected chi connectivity index (χ0v) is 26.0. The molecule has 0 atom stereocenters. The first kappa shape index (κ1) is 36.9. The van der Waals surface area contributed by atoms with Gasteiger partial charge in [-0.15, -0.1) is 0 Å². The minimum absolute atomic E-state index is 0.461. The molecule has 0 rings (SSSR count). The molecule has 0 aliphatic carbocycles. The Morgan fingerprint density at radius 1 is 0.270 bits per heavy atom. The van der Waals surface area contributed by atoms with Crippen molar-refractivity contribution in [1.29, 1.82) is 0 Å². The molecule has 0 unspecified atom stereocenters. The highest BCUT2D eigenvalue weighted by molar-refractivity contribution is 4.50. The van der Waals surface area contributed by atoms with Crippen molar-refractivity contribution in [2.24, 2.45) is 0 Å². The lowest BCUT2D eigenvalue weighted by Gasteiger charge is -2.19. The Bertz CT molecular complexity index is 330. The molecule has 37 heavy (non-hydrogen) atoms. The lowest BCUT2D eigenvalue weighted by atomic mass is 10.1. The second-order valence-electron chi connectivity index (χ2n) is 11.4. The molecular formula is C34H70O3. The van der Waals surface area contributed by atoms with Gasteiger partial charge in [0.25, 0.3) is 6.48 Å². The van der Waals surface area contributed by atoms with Crippen LogP contribution in [0.15, 0.2) is 0 Å². The van der Waals surface area contributed by atoms with Crippen LogP contribution in [0.25, 0.3) is 0 Å². The van der Waals surface area contributed by atoms with Crippen molar-refractivity contribution in [1.82, 2.24) is 0 Å². The van der Waals surface area contributed by atoms with Crippen LogP contribution in [0.4, 0.5) is 0 Å². The standard InChI is InChI=1S/C34H70O3/c1-4-7-10-13-16-19-22-25-28-31-35-34(36-32-29-26-23-20-17-14-11-8-5-2)37-33-30-27-24-21-18-15-12-9-6-3/h34H,4-33H2,1-3H3. The van der Waals surface area contributed by atoms with Crippen LogP contribution in [0.1, 0.15) is 194 Å². The predicted molar refractivity (Wildman–Crippen MR) is 163 cm³/mol. The summed E-state index contributed by atoms with van der Waals surface area (Å²) in [6.45, 7) is 8.67. The monoisotopic (exact) mass is 527 g/mol. The summed E-state index contributed by atoms with van der Waals surface area (Å²) in [7, 11) is 0. The summed E-state index contributed by atoms with van der Waals surface area (Å²) in [5, 5.41) is 0. The van der Waals surface area contributed by atoms with E-state index in [0.29, 0.717) is 0 Å². The van der Waals surface area contributed by atoms with Gasteiger partial charge in [-0.05, 0) is 19.3 Å². The topological polar surface area (TPSA) is 27.7 Å². The first-order valence-corrected chi connectivity index (χ1v) is 17.2. The second-order valence-corrected chi connectivity index (χ2v) is 11.4. The van der Waals surface area contributed by atoms with Gasteiger partial charge in [-0.1, -0.05) is 175 Å². The van der Waals surface area contributed by atoms with Crippen molar-refractivity contribution in [2.45, 2.75) is 201 Å². The zero-order chi connectivity index (χ0) is 26.9. The van der Waals surface area contributed by atoms with E-state index in [1.165, 1.54) is 154 Å². The van der Waals surface area contributed by atoms with E-state index in [4.69, 9.17) is 14.2 Å². The lowest BCUT2D eigenvalue weighted by molar-refractivity contribution is -0.288. The summed E-state index contributed by atoms with van der Waals surface area (Å²) in [6.07, 6.45) is 36.1. The van der Waals surface area contributed by atoms with Crippen LogP contribution in [0.3, 0.4) is 0 Å². The molecule has 0 aromatic carbocycles. The molecule has 3 nitrogen and oxygen atoms in total. The van der Waals surface area contributed by atoms with E-state index < -0.39 is 6.48 Å². The van der Waals surface area contributed by atoms with Gasteiger partial charge in [0.15, 0.2) is 0 Å². The number of rotatable bonds is 33. The molecule has 0 fully saturated rings. The van der Waals surface area contributed by atoms with Gasteiger partial charge in [0.1, 0.15) is 0 Å². The van der Waals surface area contributed by atoms with E-state index >= 15 is 0 Å². The van der Waals surface area contributed by atoms with Crippen LogP contribution in [0, 0.1) is 0 Å². The normalized spacial score (nSPS) is 11.7. The minimum atomic E-state index is -0.461. The molecule has 224 valence electrons. The fraction of sp³-hybridized carbons (Fsp3) is 1.00. The summed E-state index contributed by atoms with van der Waals surface area (Å²) in [4.78, 5) is 0. The maximum atomic E-state index is 6.02. The first-order valence-electron chi connectivity index (χ1n) is 17.2. The highest BCUT2D eigenvalue weighted by atomic mass is 16.8. The SMILES string of the molecule is CCCCCCCCCCCOC(OCCCCCCCCCCC)OCCCCCCCCCCC. The third kappa shape index (κ3) is 32.0. The van der Waals surface area contributed by atoms with E-state index in [1.54, 1.807) is 0 Å². The maximum absolute atomic E-state index is 6.02. The molecule has 0 aromatic rings. The molecule has 0 radical (unpaired) electrons. The van der Waals surface area contributed by atoms with Gasteiger partial charge in [-0.3, -0.25) is 0 Å². The number of unbranched alkanes of at least 4 members (excludes halogenated alkanes) is 24. The van der Waals surface area contributed by atoms with Crippen LogP contribution >= 0.6 is 0 Å². The van der Waals surface area contributed by atoms with Gasteiger partial charge in [0, 0.05) is 0 Å². The van der Waals surface area contributed by atoms with Crippen molar-refractivity contribution in [2.75, 3.05) is 19.8 Å². The smallest absolute Gasteiger partial charge is 0.271 e. The van der Waals surface area contributed by atoms with Crippen LogP contribution in [-0.4, -0.2) is 26.3 Å². The number of hydrogen-bond donors (Lipinski definition) is 0. The Morgan fingerprint density at radius 3 is 0.676 bits per heavy atom. The summed E-state index contributed by atoms with van der Waals surface area (Å²) in [5.41, 5.74) is 0. The Hall–Kier alpha value is -0.120. The van der Waals surface area contributed by atoms with Crippen molar-refractivity contribution in [3.8, 4) is 0 Å². The van der Waals surface area contributed by atoms with Gasteiger partial charge in [0.05, 0.1) is 19.8 Å². The quantitative estimate of drug-likeness (QED) is 0.0628. The summed E-state index contributed by atoms with van der Waals surface area (Å²) >= 11 is 0. The van der Waals surface area contributed by atoms with Crippen LogP contribution < -0.4 is 0 Å². The Kier molecular flexibility index (Phi) is 33.8. The zero-order valence-electron chi connectivity index (χ0n) is 26.0. The van der Waals surface area contributed by atoms with Gasteiger partial charge in [-0.25, -0.2) is 0 Å². The van der Waals surface area contributed by atoms with E-state index in [9.17, 15) is 0 Å². The fourth-order valence-electron chi connectivity index (χ4n) is 4.92. The number of hydrogen-bond acceptors (Lipinski definition) is 3. The average molecular weight is 527 g/mol. The molecule has 0 N–H and O–H groups in total. The molecule has 0 spiro atoms. The lowest BCUT2D eigenvalue weighted by Crippen LogP contribution is -2.23. The van der Waals surface area contributed by atoms with E-state index in [0.717, 1.165) is 39.1 Å². The number of ether oxygens (including phenoxy) is 3. The summed E-state index contributed by atoms with van der Waals surface area (Å²) < 4.78 is 18.1. The minimum Gasteiger partial charge on any atom is -0.330 e. The van der Waals surface area contributed by atoms with Crippen LogP contribution in [0.2, 0.25) is 0 Å². The molecule has 0 heterocycles. The Balaban J connectivity index is 3.87. The maximum Gasteiger partial charge on any atom is 0.271 e. The van der Waals surface area contributed by atoms with Crippen molar-refractivity contribution in [3.05, 3.63) is 0 Å². The third-order valence-corrected chi connectivity index (χ3v) is 7.51. The van der Waals surface area contributed by atoms with Crippen molar-refractivity contribution in [3.63, 3.8) is 0 Å². The van der Waals surface area contributed by atoms with Gasteiger partial charge in [-0.2, -0.15) is 0 Å². The molecule has 0 amide bonds. The summed E-state index contributed by atoms with van der Waals surface area (Å²) in [5.74, 6) is 0. The van der Waals surface area contributed by atoms with Crippen LogP contribution in [-0.2, 0) is 14.2 Å². The molecule has 0 aliphatic rings. The van der Waals surface area contributed by atoms with Crippen molar-refractivity contribution >= 4 is 0 Å². The van der Waals surface area contributed by atoms with Gasteiger partial charge in [0.2, 0.25) is 0 Å². The third-order valence-electron chi connectivity index (χ3n) is 7.51. The molecule has 0 saturated heterocycles. The highest BCUT2D eigenvalue weighted by Gasteiger charge is 2.10. The average Bonchev–Trinajstić information content (AvgIpc) is 2.91. The molecule has 0 bridgehead atoms. The molecule has 0 saturated carbocycles. The fourth-order valence-corrected chi connectivity index (χ4v) is 4.92. The highest BCUT2D eigenvalue weighted by Crippen LogP contribution is 2.13. The van der Waals surface area contributed by atoms with Gasteiger partial charge >= 0.3 is 0 Å². The van der Waals surface area contributed by atoms with E-state index in [-0.39, 0.29) is 0 Å². The van der Waals surface area contributed by atoms with E-state index in [1.807, 2.05) is 0 Å². The molecule has 0 aliphatic heterocycles. The second kappa shape index (κ2) is 33.9. The predicted octanol–water partition coefficient (Wildman–Crippen LogP) is 11.9. The van der Waals surface area contributed by atoms with Gasteiger partial charge < -0.3 is 14.2 Å². The first-order chi connectivity index (χ1) is 18.3. The molecule has 3 heteroatoms. The molecule has 0 aromatic heterocycles. The molecular weight excluding hydrogens is 456 g/mol. The Morgan fingerprint density at radius 2 is 0.459 bits per heavy atom. The largest absolute Gasteiger partial charge is 0.330 e. The van der Waals surface area contributed by atoms with Crippen LogP contribution in [0.5, 0.6) is 0 Å². The van der Waals surface area contributed by atoms with Crippen molar-refractivity contribution < 1.29 is 14.2 Å².